The van der Waals surface area contributed by atoms with E-state index in [0.717, 1.165) is 24.9 Å². The van der Waals surface area contributed by atoms with Gasteiger partial charge in [-0.15, -0.1) is 0 Å². The molecule has 0 aromatic heterocycles. The number of ether oxygens (including phenoxy) is 1. The van der Waals surface area contributed by atoms with Gasteiger partial charge >= 0.3 is 0 Å². The molecule has 3 atom stereocenters. The number of nitrogens with zero attached hydrogens (tertiary/aromatic N) is 2. The standard InChI is InChI=1S/C14H25N3OS/c1-2-11-5-7-19-14(16-11)15-8-13-9-17-6-3-4-12(17)10-18-13/h11-13H,2-10H2,1H3,(H,15,16). The minimum atomic E-state index is 0.297. The number of hydrogen-bond acceptors (Lipinski definition) is 4. The van der Waals surface area contributed by atoms with Crippen LogP contribution in [0, 0.1) is 0 Å². The first-order chi connectivity index (χ1) is 9.35. The lowest BCUT2D eigenvalue weighted by Crippen LogP contribution is -2.47. The summed E-state index contributed by atoms with van der Waals surface area (Å²) in [6.45, 7) is 6.29. The highest BCUT2D eigenvalue weighted by Crippen LogP contribution is 2.23. The van der Waals surface area contributed by atoms with E-state index in [1.807, 2.05) is 11.8 Å². The maximum atomic E-state index is 5.95. The lowest BCUT2D eigenvalue weighted by atomic mass is 10.2. The summed E-state index contributed by atoms with van der Waals surface area (Å²) >= 11 is 1.86. The largest absolute Gasteiger partial charge is 0.373 e. The third-order valence-corrected chi connectivity index (χ3v) is 5.39. The highest BCUT2D eigenvalue weighted by Gasteiger charge is 2.32. The van der Waals surface area contributed by atoms with E-state index in [1.54, 1.807) is 0 Å². The number of nitrogens with one attached hydrogen (secondary N) is 1. The molecule has 1 N–H and O–H groups in total. The van der Waals surface area contributed by atoms with Crippen LogP contribution in [0.1, 0.15) is 32.6 Å². The zero-order valence-corrected chi connectivity index (χ0v) is 12.6. The van der Waals surface area contributed by atoms with Gasteiger partial charge < -0.3 is 10.1 Å². The molecular weight excluding hydrogens is 258 g/mol. The number of thioether (sulfide) groups is 1. The maximum absolute atomic E-state index is 5.95. The summed E-state index contributed by atoms with van der Waals surface area (Å²) in [5.74, 6) is 1.20. The van der Waals surface area contributed by atoms with Gasteiger partial charge in [-0.3, -0.25) is 9.89 Å². The first-order valence-corrected chi connectivity index (χ1v) is 8.63. The van der Waals surface area contributed by atoms with Gasteiger partial charge in [-0.1, -0.05) is 18.7 Å². The molecule has 0 aromatic rings. The molecule has 0 amide bonds. The minimum absolute atomic E-state index is 0.297. The van der Waals surface area contributed by atoms with Crippen molar-refractivity contribution in [2.24, 2.45) is 4.99 Å². The van der Waals surface area contributed by atoms with Gasteiger partial charge in [0.1, 0.15) is 0 Å². The quantitative estimate of drug-likeness (QED) is 0.855. The maximum Gasteiger partial charge on any atom is 0.156 e. The van der Waals surface area contributed by atoms with E-state index in [4.69, 9.17) is 9.73 Å². The fourth-order valence-electron chi connectivity index (χ4n) is 3.16. The van der Waals surface area contributed by atoms with Crippen molar-refractivity contribution in [2.45, 2.75) is 50.8 Å². The molecule has 3 aliphatic heterocycles. The number of rotatable bonds is 3. The number of amidine groups is 1. The molecule has 0 saturated carbocycles. The summed E-state index contributed by atoms with van der Waals surface area (Å²) in [5.41, 5.74) is 0. The Morgan fingerprint density at radius 3 is 3.32 bits per heavy atom. The summed E-state index contributed by atoms with van der Waals surface area (Å²) in [6.07, 6.45) is 5.40. The summed E-state index contributed by atoms with van der Waals surface area (Å²) in [6, 6.07) is 1.31. The molecule has 0 bridgehead atoms. The molecular formula is C14H25N3OS. The van der Waals surface area contributed by atoms with Gasteiger partial charge in [-0.05, 0) is 32.2 Å². The summed E-state index contributed by atoms with van der Waals surface area (Å²) in [5, 5.41) is 4.66. The second-order valence-corrected chi connectivity index (χ2v) is 6.86. The highest BCUT2D eigenvalue weighted by atomic mass is 32.2. The van der Waals surface area contributed by atoms with Gasteiger partial charge in [0.05, 0.1) is 19.3 Å². The van der Waals surface area contributed by atoms with E-state index in [9.17, 15) is 0 Å². The highest BCUT2D eigenvalue weighted by molar-refractivity contribution is 8.13. The lowest BCUT2D eigenvalue weighted by molar-refractivity contribution is -0.0431. The van der Waals surface area contributed by atoms with Crippen LogP contribution < -0.4 is 5.32 Å². The van der Waals surface area contributed by atoms with Crippen LogP contribution in [-0.2, 0) is 4.74 Å². The molecule has 0 aliphatic carbocycles. The van der Waals surface area contributed by atoms with Crippen molar-refractivity contribution in [2.75, 3.05) is 32.0 Å². The third-order valence-electron chi connectivity index (χ3n) is 4.43. The predicted molar refractivity (Wildman–Crippen MR) is 80.9 cm³/mol. The van der Waals surface area contributed by atoms with Crippen molar-refractivity contribution in [3.05, 3.63) is 0 Å². The Kier molecular flexibility index (Phi) is 4.66. The van der Waals surface area contributed by atoms with E-state index in [0.29, 0.717) is 18.2 Å². The van der Waals surface area contributed by atoms with Gasteiger partial charge in [0.15, 0.2) is 5.17 Å². The Morgan fingerprint density at radius 1 is 1.47 bits per heavy atom. The SMILES string of the molecule is CCC1CCSC(=NCC2CN3CCCC3CO2)N1. The lowest BCUT2D eigenvalue weighted by Gasteiger charge is -2.34. The molecule has 3 saturated heterocycles. The second-order valence-electron chi connectivity index (χ2n) is 5.78. The molecule has 3 heterocycles. The second kappa shape index (κ2) is 6.46. The van der Waals surface area contributed by atoms with E-state index in [-0.39, 0.29) is 0 Å². The average Bonchev–Trinajstić information content (AvgIpc) is 2.93. The summed E-state index contributed by atoms with van der Waals surface area (Å²) < 4.78 is 5.95. The van der Waals surface area contributed by atoms with Crippen LogP contribution in [0.2, 0.25) is 0 Å². The molecule has 0 radical (unpaired) electrons. The van der Waals surface area contributed by atoms with Crippen molar-refractivity contribution >= 4 is 16.9 Å². The van der Waals surface area contributed by atoms with E-state index in [2.05, 4.69) is 17.1 Å². The van der Waals surface area contributed by atoms with Crippen LogP contribution in [0.5, 0.6) is 0 Å². The monoisotopic (exact) mass is 283 g/mol. The molecule has 3 unspecified atom stereocenters. The Hall–Kier alpha value is -0.260. The van der Waals surface area contributed by atoms with Crippen molar-refractivity contribution in [3.8, 4) is 0 Å². The number of fused-ring (bicyclic) bond motifs is 1. The van der Waals surface area contributed by atoms with Crippen LogP contribution in [-0.4, -0.2) is 60.2 Å². The number of aliphatic imine (C=N–C) groups is 1. The fourth-order valence-corrected chi connectivity index (χ4v) is 4.18. The van der Waals surface area contributed by atoms with Crippen molar-refractivity contribution in [1.82, 2.24) is 10.2 Å². The Bertz CT molecular complexity index is 337. The molecule has 108 valence electrons. The first kappa shape index (κ1) is 13.7. The molecule has 4 nitrogen and oxygen atoms in total. The van der Waals surface area contributed by atoms with Crippen LogP contribution in [0.15, 0.2) is 4.99 Å². The Morgan fingerprint density at radius 2 is 2.42 bits per heavy atom. The van der Waals surface area contributed by atoms with Gasteiger partial charge in [-0.25, -0.2) is 0 Å². The van der Waals surface area contributed by atoms with Crippen LogP contribution >= 0.6 is 11.8 Å². The molecule has 19 heavy (non-hydrogen) atoms. The predicted octanol–water partition coefficient (Wildman–Crippen LogP) is 1.71. The molecule has 3 aliphatic rings. The van der Waals surface area contributed by atoms with Gasteiger partial charge in [-0.2, -0.15) is 0 Å². The first-order valence-electron chi connectivity index (χ1n) is 7.64. The number of morpholine rings is 1. The Labute approximate surface area is 120 Å². The third kappa shape index (κ3) is 3.44. The van der Waals surface area contributed by atoms with Gasteiger partial charge in [0, 0.05) is 24.4 Å². The van der Waals surface area contributed by atoms with Crippen molar-refractivity contribution in [3.63, 3.8) is 0 Å². The van der Waals surface area contributed by atoms with Gasteiger partial charge in [0.25, 0.3) is 0 Å². The molecule has 3 rings (SSSR count). The van der Waals surface area contributed by atoms with E-state index < -0.39 is 0 Å². The molecule has 0 spiro atoms. The zero-order chi connectivity index (χ0) is 13.1. The summed E-state index contributed by atoms with van der Waals surface area (Å²) in [4.78, 5) is 7.32. The van der Waals surface area contributed by atoms with Crippen LogP contribution in [0.25, 0.3) is 0 Å². The van der Waals surface area contributed by atoms with Crippen LogP contribution in [0.3, 0.4) is 0 Å². The summed E-state index contributed by atoms with van der Waals surface area (Å²) in [7, 11) is 0. The topological polar surface area (TPSA) is 36.9 Å². The minimum Gasteiger partial charge on any atom is -0.373 e. The van der Waals surface area contributed by atoms with Crippen molar-refractivity contribution < 1.29 is 4.74 Å². The number of hydrogen-bond donors (Lipinski definition) is 1. The van der Waals surface area contributed by atoms with E-state index in [1.165, 1.54) is 38.0 Å². The smallest absolute Gasteiger partial charge is 0.156 e. The average molecular weight is 283 g/mol. The molecule has 3 fully saturated rings. The molecule has 0 aromatic carbocycles. The van der Waals surface area contributed by atoms with Crippen molar-refractivity contribution in [1.29, 1.82) is 0 Å². The Balaban J connectivity index is 1.48. The van der Waals surface area contributed by atoms with Crippen LogP contribution in [0.4, 0.5) is 0 Å². The molecule has 5 heteroatoms. The van der Waals surface area contributed by atoms with Gasteiger partial charge in [0.2, 0.25) is 0 Å². The normalized spacial score (nSPS) is 38.2. The zero-order valence-electron chi connectivity index (χ0n) is 11.8. The van der Waals surface area contributed by atoms with E-state index >= 15 is 0 Å². The fraction of sp³-hybridized carbons (Fsp3) is 0.929.